The van der Waals surface area contributed by atoms with E-state index in [2.05, 4.69) is 36.4 Å². The van der Waals surface area contributed by atoms with Crippen LogP contribution in [-0.2, 0) is 9.53 Å². The van der Waals surface area contributed by atoms with Crippen LogP contribution < -0.4 is 0 Å². The Kier molecular flexibility index (Phi) is 2.75. The normalized spacial score (nSPS) is 27.0. The lowest BCUT2D eigenvalue weighted by molar-refractivity contribution is -0.150. The molecule has 0 spiro atoms. The summed E-state index contributed by atoms with van der Waals surface area (Å²) in [6.45, 7) is 0. The first kappa shape index (κ1) is 13.1. The van der Waals surface area contributed by atoms with Crippen LogP contribution >= 0.6 is 0 Å². The van der Waals surface area contributed by atoms with Crippen LogP contribution in [0.2, 0.25) is 0 Å². The lowest BCUT2D eigenvalue weighted by Gasteiger charge is -2.22. The molecule has 0 heterocycles. The molecule has 3 aliphatic carbocycles. The van der Waals surface area contributed by atoms with Gasteiger partial charge in [0.25, 0.3) is 0 Å². The van der Waals surface area contributed by atoms with Crippen LogP contribution in [0, 0.1) is 11.8 Å². The van der Waals surface area contributed by atoms with Crippen molar-refractivity contribution in [1.29, 1.82) is 0 Å². The summed E-state index contributed by atoms with van der Waals surface area (Å²) >= 11 is 0. The maximum absolute atomic E-state index is 13.0. The summed E-state index contributed by atoms with van der Waals surface area (Å²) in [6.07, 6.45) is 6.70. The SMILES string of the molecule is O=C(OC1CC2C=CC1C2)C1c2ccccc2-c2ccccc21. The van der Waals surface area contributed by atoms with Crippen molar-refractivity contribution in [2.45, 2.75) is 24.9 Å². The maximum Gasteiger partial charge on any atom is 0.318 e. The second-order valence-electron chi connectivity index (χ2n) is 6.86. The molecule has 0 aliphatic heterocycles. The van der Waals surface area contributed by atoms with Crippen molar-refractivity contribution in [3.63, 3.8) is 0 Å². The van der Waals surface area contributed by atoms with E-state index in [0.717, 1.165) is 35.1 Å². The Morgan fingerprint density at radius 2 is 1.52 bits per heavy atom. The molecule has 114 valence electrons. The molecule has 5 rings (SSSR count). The summed E-state index contributed by atoms with van der Waals surface area (Å²) in [6, 6.07) is 16.4. The molecule has 0 amide bonds. The van der Waals surface area contributed by atoms with E-state index in [-0.39, 0.29) is 18.0 Å². The van der Waals surface area contributed by atoms with Crippen molar-refractivity contribution in [1.82, 2.24) is 0 Å². The molecule has 0 radical (unpaired) electrons. The highest BCUT2D eigenvalue weighted by Gasteiger charge is 2.41. The highest BCUT2D eigenvalue weighted by atomic mass is 16.5. The number of rotatable bonds is 2. The van der Waals surface area contributed by atoms with Crippen LogP contribution in [-0.4, -0.2) is 12.1 Å². The van der Waals surface area contributed by atoms with E-state index in [1.54, 1.807) is 0 Å². The third kappa shape index (κ3) is 1.91. The summed E-state index contributed by atoms with van der Waals surface area (Å²) < 4.78 is 5.95. The molecular formula is C21H18O2. The summed E-state index contributed by atoms with van der Waals surface area (Å²) in [5.74, 6) is 0.677. The second kappa shape index (κ2) is 4.82. The second-order valence-corrected chi connectivity index (χ2v) is 6.86. The van der Waals surface area contributed by atoms with Crippen LogP contribution in [0.5, 0.6) is 0 Å². The van der Waals surface area contributed by atoms with Crippen molar-refractivity contribution in [2.24, 2.45) is 11.8 Å². The van der Waals surface area contributed by atoms with Gasteiger partial charge < -0.3 is 4.74 Å². The highest BCUT2D eigenvalue weighted by Crippen LogP contribution is 2.46. The molecule has 2 nitrogen and oxygen atoms in total. The van der Waals surface area contributed by atoms with Gasteiger partial charge in [-0.25, -0.2) is 0 Å². The van der Waals surface area contributed by atoms with Crippen molar-refractivity contribution in [2.75, 3.05) is 0 Å². The Morgan fingerprint density at radius 3 is 2.09 bits per heavy atom. The molecule has 1 fully saturated rings. The Labute approximate surface area is 135 Å². The van der Waals surface area contributed by atoms with Gasteiger partial charge in [-0.15, -0.1) is 0 Å². The van der Waals surface area contributed by atoms with Crippen LogP contribution in [0.1, 0.15) is 29.9 Å². The molecule has 0 aromatic heterocycles. The maximum atomic E-state index is 13.0. The van der Waals surface area contributed by atoms with Crippen LogP contribution in [0.15, 0.2) is 60.7 Å². The molecule has 0 saturated heterocycles. The van der Waals surface area contributed by atoms with Gasteiger partial charge in [-0.1, -0.05) is 60.7 Å². The van der Waals surface area contributed by atoms with Gasteiger partial charge in [0.2, 0.25) is 0 Å². The molecular weight excluding hydrogens is 284 g/mol. The number of fused-ring (bicyclic) bond motifs is 5. The minimum atomic E-state index is -0.273. The summed E-state index contributed by atoms with van der Waals surface area (Å²) in [5.41, 5.74) is 4.49. The predicted octanol–water partition coefficient (Wildman–Crippen LogP) is 4.31. The average Bonchev–Trinajstić information content (AvgIpc) is 3.27. The topological polar surface area (TPSA) is 26.3 Å². The first-order chi connectivity index (χ1) is 11.3. The predicted molar refractivity (Wildman–Crippen MR) is 89.0 cm³/mol. The molecule has 2 aromatic carbocycles. The Bertz CT molecular complexity index is 775. The first-order valence-electron chi connectivity index (χ1n) is 8.38. The van der Waals surface area contributed by atoms with Crippen LogP contribution in [0.3, 0.4) is 0 Å². The molecule has 2 aromatic rings. The van der Waals surface area contributed by atoms with E-state index in [1.165, 1.54) is 0 Å². The van der Waals surface area contributed by atoms with Crippen molar-refractivity contribution < 1.29 is 9.53 Å². The number of allylic oxidation sites excluding steroid dienone is 1. The van der Waals surface area contributed by atoms with E-state index in [1.807, 2.05) is 24.3 Å². The fourth-order valence-corrected chi connectivity index (χ4v) is 4.49. The minimum Gasteiger partial charge on any atom is -0.461 e. The van der Waals surface area contributed by atoms with Crippen LogP contribution in [0.4, 0.5) is 0 Å². The van der Waals surface area contributed by atoms with E-state index in [4.69, 9.17) is 4.74 Å². The van der Waals surface area contributed by atoms with Gasteiger partial charge in [-0.3, -0.25) is 4.79 Å². The molecule has 1 saturated carbocycles. The Morgan fingerprint density at radius 1 is 0.870 bits per heavy atom. The van der Waals surface area contributed by atoms with Gasteiger partial charge in [-0.05, 0) is 41.0 Å². The smallest absolute Gasteiger partial charge is 0.318 e. The quantitative estimate of drug-likeness (QED) is 0.610. The van der Waals surface area contributed by atoms with Gasteiger partial charge in [0.1, 0.15) is 12.0 Å². The van der Waals surface area contributed by atoms with Gasteiger partial charge in [-0.2, -0.15) is 0 Å². The Balaban J connectivity index is 1.50. The number of ether oxygens (including phenoxy) is 1. The third-order valence-electron chi connectivity index (χ3n) is 5.55. The molecule has 23 heavy (non-hydrogen) atoms. The lowest BCUT2D eigenvalue weighted by Crippen LogP contribution is -2.26. The van der Waals surface area contributed by atoms with Gasteiger partial charge in [0, 0.05) is 5.92 Å². The molecule has 3 unspecified atom stereocenters. The van der Waals surface area contributed by atoms with Crippen molar-refractivity contribution in [3.05, 3.63) is 71.8 Å². The summed E-state index contributed by atoms with van der Waals surface area (Å²) in [5, 5.41) is 0. The molecule has 2 heteroatoms. The van der Waals surface area contributed by atoms with E-state index >= 15 is 0 Å². The lowest BCUT2D eigenvalue weighted by atomic mass is 9.96. The largest absolute Gasteiger partial charge is 0.461 e. The summed E-state index contributed by atoms with van der Waals surface area (Å²) in [4.78, 5) is 13.0. The summed E-state index contributed by atoms with van der Waals surface area (Å²) in [7, 11) is 0. The standard InChI is InChI=1S/C21H18O2/c22-21(23-19-12-13-9-10-14(19)11-13)20-17-7-3-1-5-15(17)16-6-2-4-8-18(16)20/h1-10,13-14,19-20H,11-12H2. The zero-order valence-corrected chi connectivity index (χ0v) is 12.8. The Hall–Kier alpha value is -2.35. The monoisotopic (exact) mass is 302 g/mol. The zero-order valence-electron chi connectivity index (χ0n) is 12.8. The van der Waals surface area contributed by atoms with Gasteiger partial charge in [0.15, 0.2) is 0 Å². The van der Waals surface area contributed by atoms with Crippen molar-refractivity contribution >= 4 is 5.97 Å². The van der Waals surface area contributed by atoms with E-state index < -0.39 is 0 Å². The number of esters is 1. The van der Waals surface area contributed by atoms with Crippen LogP contribution in [0.25, 0.3) is 11.1 Å². The van der Waals surface area contributed by atoms with Crippen molar-refractivity contribution in [3.8, 4) is 11.1 Å². The van der Waals surface area contributed by atoms with E-state index in [9.17, 15) is 4.79 Å². The fraction of sp³-hybridized carbons (Fsp3) is 0.286. The van der Waals surface area contributed by atoms with Gasteiger partial charge >= 0.3 is 5.97 Å². The number of carbonyl (C=O) groups excluding carboxylic acids is 1. The molecule has 3 atom stereocenters. The van der Waals surface area contributed by atoms with Gasteiger partial charge in [0.05, 0.1) is 0 Å². The molecule has 3 aliphatic rings. The zero-order chi connectivity index (χ0) is 15.4. The fourth-order valence-electron chi connectivity index (χ4n) is 4.49. The number of hydrogen-bond donors (Lipinski definition) is 0. The molecule has 0 N–H and O–H groups in total. The van der Waals surface area contributed by atoms with E-state index in [0.29, 0.717) is 11.8 Å². The first-order valence-corrected chi connectivity index (χ1v) is 8.38. The number of benzene rings is 2. The number of carbonyl (C=O) groups is 1. The molecule has 2 bridgehead atoms. The number of hydrogen-bond acceptors (Lipinski definition) is 2. The third-order valence-corrected chi connectivity index (χ3v) is 5.55. The average molecular weight is 302 g/mol. The highest BCUT2D eigenvalue weighted by molar-refractivity contribution is 5.93. The minimum absolute atomic E-state index is 0.0671.